The summed E-state index contributed by atoms with van der Waals surface area (Å²) in [5.41, 5.74) is 2.82. The zero-order chi connectivity index (χ0) is 18.8. The molecule has 0 amide bonds. The van der Waals surface area contributed by atoms with Crippen LogP contribution < -0.4 is 4.74 Å². The minimum Gasteiger partial charge on any atom is -0.492 e. The number of benzene rings is 2. The van der Waals surface area contributed by atoms with Crippen LogP contribution in [-0.2, 0) is 22.6 Å². The van der Waals surface area contributed by atoms with Gasteiger partial charge in [-0.15, -0.1) is 0 Å². The van der Waals surface area contributed by atoms with Crippen molar-refractivity contribution in [1.29, 1.82) is 0 Å². The van der Waals surface area contributed by atoms with Crippen molar-refractivity contribution in [2.75, 3.05) is 6.61 Å². The summed E-state index contributed by atoms with van der Waals surface area (Å²) in [4.78, 5) is 16.7. The minimum absolute atomic E-state index is 0.0728. The molecular formula is C20H17ClN2O4. The standard InChI is InChI=1S/C20H17ClN2O4/c1-12-4-2-3-5-16(12)19-22-18(27-23-19)11-26-20(24)14-8-13-9-15(21)6-7-17(13)25-10-14/h2-7,9,14H,8,10-11H2,1H3/t14-/m1/s1. The van der Waals surface area contributed by atoms with Crippen molar-refractivity contribution < 1.29 is 18.8 Å². The van der Waals surface area contributed by atoms with Crippen LogP contribution in [0, 0.1) is 12.8 Å². The summed E-state index contributed by atoms with van der Waals surface area (Å²) >= 11 is 6.01. The van der Waals surface area contributed by atoms with E-state index in [1.165, 1.54) is 0 Å². The average molecular weight is 385 g/mol. The van der Waals surface area contributed by atoms with Crippen LogP contribution in [0.1, 0.15) is 17.0 Å². The van der Waals surface area contributed by atoms with Gasteiger partial charge in [0, 0.05) is 10.6 Å². The van der Waals surface area contributed by atoms with Crippen LogP contribution in [0.4, 0.5) is 0 Å². The Bertz CT molecular complexity index is 986. The predicted octanol–water partition coefficient (Wildman–Crippen LogP) is 3.99. The number of aryl methyl sites for hydroxylation is 1. The Morgan fingerprint density at radius 1 is 1.30 bits per heavy atom. The van der Waals surface area contributed by atoms with Gasteiger partial charge in [-0.1, -0.05) is 41.0 Å². The maximum absolute atomic E-state index is 12.4. The van der Waals surface area contributed by atoms with E-state index in [9.17, 15) is 4.79 Å². The maximum atomic E-state index is 12.4. The Labute approximate surface area is 161 Å². The second kappa shape index (κ2) is 7.40. The van der Waals surface area contributed by atoms with Gasteiger partial charge in [0.1, 0.15) is 12.4 Å². The van der Waals surface area contributed by atoms with Crippen molar-refractivity contribution in [2.45, 2.75) is 20.0 Å². The molecule has 7 heteroatoms. The van der Waals surface area contributed by atoms with Gasteiger partial charge in [0.05, 0.1) is 5.92 Å². The van der Waals surface area contributed by atoms with Crippen molar-refractivity contribution in [1.82, 2.24) is 10.1 Å². The zero-order valence-corrected chi connectivity index (χ0v) is 15.4. The van der Waals surface area contributed by atoms with Crippen LogP contribution in [0.2, 0.25) is 5.02 Å². The molecule has 6 nitrogen and oxygen atoms in total. The Morgan fingerprint density at radius 2 is 2.15 bits per heavy atom. The highest BCUT2D eigenvalue weighted by atomic mass is 35.5. The van der Waals surface area contributed by atoms with E-state index in [-0.39, 0.29) is 25.1 Å². The second-order valence-corrected chi connectivity index (χ2v) is 6.83. The second-order valence-electron chi connectivity index (χ2n) is 6.40. The molecule has 1 aromatic heterocycles. The van der Waals surface area contributed by atoms with Crippen LogP contribution in [0.25, 0.3) is 11.4 Å². The molecule has 138 valence electrons. The summed E-state index contributed by atoms with van der Waals surface area (Å²) < 4.78 is 16.2. The summed E-state index contributed by atoms with van der Waals surface area (Å²) in [7, 11) is 0. The molecule has 2 heterocycles. The molecule has 4 rings (SSSR count). The molecule has 27 heavy (non-hydrogen) atoms. The van der Waals surface area contributed by atoms with Gasteiger partial charge in [0.2, 0.25) is 5.82 Å². The van der Waals surface area contributed by atoms with E-state index in [1.807, 2.05) is 43.3 Å². The molecule has 0 fully saturated rings. The first-order valence-electron chi connectivity index (χ1n) is 8.56. The quantitative estimate of drug-likeness (QED) is 0.633. The Hall–Kier alpha value is -2.86. The van der Waals surface area contributed by atoms with E-state index in [0.717, 1.165) is 22.4 Å². The number of carbonyl (C=O) groups is 1. The summed E-state index contributed by atoms with van der Waals surface area (Å²) in [5.74, 6) is 0.722. The third-order valence-corrected chi connectivity index (χ3v) is 4.69. The summed E-state index contributed by atoms with van der Waals surface area (Å²) in [6.45, 7) is 2.17. The first-order valence-corrected chi connectivity index (χ1v) is 8.94. The first kappa shape index (κ1) is 17.5. The molecule has 0 N–H and O–H groups in total. The third kappa shape index (κ3) is 3.80. The normalized spacial score (nSPS) is 15.7. The lowest BCUT2D eigenvalue weighted by molar-refractivity contribution is -0.152. The minimum atomic E-state index is -0.394. The van der Waals surface area contributed by atoms with Crippen LogP contribution in [-0.4, -0.2) is 22.7 Å². The Morgan fingerprint density at radius 3 is 3.00 bits per heavy atom. The highest BCUT2D eigenvalue weighted by Crippen LogP contribution is 2.30. The fraction of sp³-hybridized carbons (Fsp3) is 0.250. The number of ether oxygens (including phenoxy) is 2. The average Bonchev–Trinajstić information content (AvgIpc) is 3.14. The number of carbonyl (C=O) groups excluding carboxylic acids is 1. The topological polar surface area (TPSA) is 74.5 Å². The maximum Gasteiger partial charge on any atom is 0.313 e. The van der Waals surface area contributed by atoms with Crippen molar-refractivity contribution in [3.8, 4) is 17.1 Å². The molecule has 0 saturated heterocycles. The van der Waals surface area contributed by atoms with E-state index in [4.69, 9.17) is 25.6 Å². The zero-order valence-electron chi connectivity index (χ0n) is 14.6. The number of fused-ring (bicyclic) bond motifs is 1. The Balaban J connectivity index is 1.38. The lowest BCUT2D eigenvalue weighted by Crippen LogP contribution is -2.29. The lowest BCUT2D eigenvalue weighted by atomic mass is 9.97. The van der Waals surface area contributed by atoms with Crippen molar-refractivity contribution >= 4 is 17.6 Å². The highest BCUT2D eigenvalue weighted by molar-refractivity contribution is 6.30. The number of hydrogen-bond donors (Lipinski definition) is 0. The number of rotatable bonds is 4. The number of halogens is 1. The summed E-state index contributed by atoms with van der Waals surface area (Å²) in [5, 5.41) is 4.57. The van der Waals surface area contributed by atoms with E-state index in [2.05, 4.69) is 10.1 Å². The van der Waals surface area contributed by atoms with Gasteiger partial charge in [-0.3, -0.25) is 4.79 Å². The van der Waals surface area contributed by atoms with Crippen LogP contribution >= 0.6 is 11.6 Å². The van der Waals surface area contributed by atoms with Crippen molar-refractivity contribution in [3.63, 3.8) is 0 Å². The van der Waals surface area contributed by atoms with Gasteiger partial charge in [0.25, 0.3) is 5.89 Å². The lowest BCUT2D eigenvalue weighted by Gasteiger charge is -2.23. The molecule has 0 aliphatic carbocycles. The number of hydrogen-bond acceptors (Lipinski definition) is 6. The molecule has 3 aromatic rings. The van der Waals surface area contributed by atoms with Gasteiger partial charge in [0.15, 0.2) is 6.61 Å². The van der Waals surface area contributed by atoms with E-state index >= 15 is 0 Å². The van der Waals surface area contributed by atoms with Gasteiger partial charge in [-0.25, -0.2) is 0 Å². The van der Waals surface area contributed by atoms with E-state index in [0.29, 0.717) is 17.3 Å². The van der Waals surface area contributed by atoms with Crippen LogP contribution in [0.5, 0.6) is 5.75 Å². The molecular weight excluding hydrogens is 368 g/mol. The molecule has 1 atom stereocenters. The smallest absolute Gasteiger partial charge is 0.313 e. The molecule has 1 aliphatic rings. The van der Waals surface area contributed by atoms with Gasteiger partial charge < -0.3 is 14.0 Å². The molecule has 1 aliphatic heterocycles. The largest absolute Gasteiger partial charge is 0.492 e. The van der Waals surface area contributed by atoms with Crippen LogP contribution in [0.3, 0.4) is 0 Å². The van der Waals surface area contributed by atoms with Gasteiger partial charge >= 0.3 is 5.97 Å². The van der Waals surface area contributed by atoms with Crippen LogP contribution in [0.15, 0.2) is 47.0 Å². The molecule has 2 aromatic carbocycles. The molecule has 0 bridgehead atoms. The third-order valence-electron chi connectivity index (χ3n) is 4.45. The summed E-state index contributed by atoms with van der Waals surface area (Å²) in [6.07, 6.45) is 0.521. The molecule has 0 spiro atoms. The van der Waals surface area contributed by atoms with Crippen molar-refractivity contribution in [2.24, 2.45) is 5.92 Å². The Kier molecular flexibility index (Phi) is 4.81. The fourth-order valence-electron chi connectivity index (χ4n) is 3.01. The molecule has 0 unspecified atom stereocenters. The van der Waals surface area contributed by atoms with Crippen molar-refractivity contribution in [3.05, 3.63) is 64.5 Å². The number of aromatic nitrogens is 2. The monoisotopic (exact) mass is 384 g/mol. The predicted molar refractivity (Wildman–Crippen MR) is 98.4 cm³/mol. The SMILES string of the molecule is Cc1ccccc1-c1noc(COC(=O)[C@H]2COc3ccc(Cl)cc3C2)n1. The van der Waals surface area contributed by atoms with Gasteiger partial charge in [-0.05, 0) is 42.7 Å². The number of esters is 1. The first-order chi connectivity index (χ1) is 13.1. The number of nitrogens with zero attached hydrogens (tertiary/aromatic N) is 2. The highest BCUT2D eigenvalue weighted by Gasteiger charge is 2.28. The summed E-state index contributed by atoms with van der Waals surface area (Å²) in [6, 6.07) is 13.1. The van der Waals surface area contributed by atoms with E-state index in [1.54, 1.807) is 6.07 Å². The fourth-order valence-corrected chi connectivity index (χ4v) is 3.21. The van der Waals surface area contributed by atoms with Gasteiger partial charge in [-0.2, -0.15) is 4.98 Å². The molecule has 0 saturated carbocycles. The van der Waals surface area contributed by atoms with E-state index < -0.39 is 5.92 Å². The molecule has 0 radical (unpaired) electrons.